The largest absolute Gasteiger partial charge is 0.282 e. The van der Waals surface area contributed by atoms with Gasteiger partial charge in [-0.2, -0.15) is 0 Å². The number of thiazole rings is 1. The van der Waals surface area contributed by atoms with E-state index in [1.54, 1.807) is 11.1 Å². The minimum atomic E-state index is -0.0135. The molecule has 0 spiro atoms. The van der Waals surface area contributed by atoms with Gasteiger partial charge in [-0.1, -0.05) is 58.8 Å². The van der Waals surface area contributed by atoms with Gasteiger partial charge in [0.25, 0.3) is 0 Å². The summed E-state index contributed by atoms with van der Waals surface area (Å²) in [4.78, 5) is 24.3. The minimum Gasteiger partial charge on any atom is -0.282 e. The zero-order valence-electron chi connectivity index (χ0n) is 17.1. The normalized spacial score (nSPS) is 11.1. The second kappa shape index (κ2) is 8.54. The Morgan fingerprint density at radius 2 is 1.90 bits per heavy atom. The molecule has 152 valence electrons. The number of pyridine rings is 1. The van der Waals surface area contributed by atoms with E-state index in [4.69, 9.17) is 16.6 Å². The van der Waals surface area contributed by atoms with Crippen molar-refractivity contribution in [3.05, 3.63) is 87.7 Å². The third-order valence-electron chi connectivity index (χ3n) is 5.10. The standard InChI is InChI=1S/C24H22ClN3OS/c1-15-7-9-18(17(3)12-15)13-21(29)28(14-19-6-4-5-11-26-19)24-27-22-16(2)8-10-20(25)23(22)30-24/h4-12H,13-14H2,1-3H3. The van der Waals surface area contributed by atoms with Crippen LogP contribution in [0.1, 0.15) is 27.9 Å². The highest BCUT2D eigenvalue weighted by molar-refractivity contribution is 7.23. The number of carbonyl (C=O) groups is 1. The fourth-order valence-electron chi connectivity index (χ4n) is 3.42. The number of carbonyl (C=O) groups excluding carboxylic acids is 1. The molecule has 4 rings (SSSR count). The molecule has 6 heteroatoms. The Morgan fingerprint density at radius 3 is 2.60 bits per heavy atom. The van der Waals surface area contributed by atoms with Gasteiger partial charge in [0.05, 0.1) is 33.9 Å². The van der Waals surface area contributed by atoms with Crippen molar-refractivity contribution in [2.75, 3.05) is 4.90 Å². The first kappa shape index (κ1) is 20.5. The van der Waals surface area contributed by atoms with Crippen LogP contribution in [-0.4, -0.2) is 15.9 Å². The van der Waals surface area contributed by atoms with Crippen molar-refractivity contribution in [3.63, 3.8) is 0 Å². The summed E-state index contributed by atoms with van der Waals surface area (Å²) in [5.41, 5.74) is 6.01. The van der Waals surface area contributed by atoms with Gasteiger partial charge in [-0.15, -0.1) is 0 Å². The Labute approximate surface area is 185 Å². The lowest BCUT2D eigenvalue weighted by atomic mass is 10.0. The van der Waals surface area contributed by atoms with E-state index in [2.05, 4.69) is 18.0 Å². The highest BCUT2D eigenvalue weighted by Crippen LogP contribution is 2.36. The Kier molecular flexibility index (Phi) is 5.84. The highest BCUT2D eigenvalue weighted by Gasteiger charge is 2.22. The Bertz CT molecular complexity index is 1180. The van der Waals surface area contributed by atoms with Gasteiger partial charge in [0.1, 0.15) is 0 Å². The number of anilines is 1. The molecule has 0 N–H and O–H groups in total. The van der Waals surface area contributed by atoms with Crippen LogP contribution in [0.25, 0.3) is 10.2 Å². The van der Waals surface area contributed by atoms with Crippen molar-refractivity contribution in [2.45, 2.75) is 33.7 Å². The predicted octanol–water partition coefficient (Wildman–Crippen LogP) is 6.05. The van der Waals surface area contributed by atoms with Crippen molar-refractivity contribution >= 4 is 44.2 Å². The quantitative estimate of drug-likeness (QED) is 0.383. The van der Waals surface area contributed by atoms with Crippen molar-refractivity contribution in [2.24, 2.45) is 0 Å². The van der Waals surface area contributed by atoms with Crippen LogP contribution in [0, 0.1) is 20.8 Å². The van der Waals surface area contributed by atoms with Crippen LogP contribution in [-0.2, 0) is 17.8 Å². The van der Waals surface area contributed by atoms with Crippen LogP contribution in [0.2, 0.25) is 5.02 Å². The maximum Gasteiger partial charge on any atom is 0.233 e. The number of hydrogen-bond acceptors (Lipinski definition) is 4. The van der Waals surface area contributed by atoms with Crippen molar-refractivity contribution in [3.8, 4) is 0 Å². The van der Waals surface area contributed by atoms with Gasteiger partial charge < -0.3 is 0 Å². The molecule has 2 heterocycles. The second-order valence-corrected chi connectivity index (χ2v) is 8.83. The number of benzene rings is 2. The fourth-order valence-corrected chi connectivity index (χ4v) is 4.76. The zero-order chi connectivity index (χ0) is 21.3. The topological polar surface area (TPSA) is 46.1 Å². The van der Waals surface area contributed by atoms with E-state index in [9.17, 15) is 4.79 Å². The Balaban J connectivity index is 1.73. The lowest BCUT2D eigenvalue weighted by molar-refractivity contribution is -0.118. The summed E-state index contributed by atoms with van der Waals surface area (Å²) < 4.78 is 0.900. The lowest BCUT2D eigenvalue weighted by Gasteiger charge is -2.20. The summed E-state index contributed by atoms with van der Waals surface area (Å²) in [5, 5.41) is 1.29. The van der Waals surface area contributed by atoms with E-state index >= 15 is 0 Å². The first-order valence-electron chi connectivity index (χ1n) is 9.74. The second-order valence-electron chi connectivity index (χ2n) is 7.45. The van der Waals surface area contributed by atoms with Crippen molar-refractivity contribution in [1.29, 1.82) is 0 Å². The van der Waals surface area contributed by atoms with Gasteiger partial charge >= 0.3 is 0 Å². The van der Waals surface area contributed by atoms with Crippen LogP contribution >= 0.6 is 22.9 Å². The van der Waals surface area contributed by atoms with E-state index in [0.29, 0.717) is 23.1 Å². The lowest BCUT2D eigenvalue weighted by Crippen LogP contribution is -2.32. The molecule has 4 nitrogen and oxygen atoms in total. The summed E-state index contributed by atoms with van der Waals surface area (Å²) in [6.07, 6.45) is 2.04. The number of rotatable bonds is 5. The van der Waals surface area contributed by atoms with Gasteiger partial charge in [0.2, 0.25) is 5.91 Å². The average Bonchev–Trinajstić information content (AvgIpc) is 3.18. The number of aromatic nitrogens is 2. The zero-order valence-corrected chi connectivity index (χ0v) is 18.7. The molecule has 2 aromatic carbocycles. The molecule has 0 unspecified atom stereocenters. The number of aryl methyl sites for hydroxylation is 3. The first-order valence-corrected chi connectivity index (χ1v) is 10.9. The molecule has 30 heavy (non-hydrogen) atoms. The monoisotopic (exact) mass is 435 g/mol. The van der Waals surface area contributed by atoms with Crippen molar-refractivity contribution < 1.29 is 4.79 Å². The predicted molar refractivity (Wildman–Crippen MR) is 124 cm³/mol. The molecule has 4 aromatic rings. The third kappa shape index (κ3) is 4.23. The fraction of sp³-hybridized carbons (Fsp3) is 0.208. The van der Waals surface area contributed by atoms with E-state index < -0.39 is 0 Å². The molecule has 0 aliphatic rings. The molecular weight excluding hydrogens is 414 g/mol. The molecule has 0 aliphatic heterocycles. The maximum atomic E-state index is 13.4. The summed E-state index contributed by atoms with van der Waals surface area (Å²) in [7, 11) is 0. The first-order chi connectivity index (χ1) is 14.4. The smallest absolute Gasteiger partial charge is 0.233 e. The molecule has 2 aromatic heterocycles. The van der Waals surface area contributed by atoms with Gasteiger partial charge in [-0.25, -0.2) is 4.98 Å². The van der Waals surface area contributed by atoms with Crippen LogP contribution in [0.4, 0.5) is 5.13 Å². The van der Waals surface area contributed by atoms with E-state index in [-0.39, 0.29) is 5.91 Å². The molecule has 0 saturated carbocycles. The summed E-state index contributed by atoms with van der Waals surface area (Å²) in [6, 6.07) is 15.7. The maximum absolute atomic E-state index is 13.4. The number of hydrogen-bond donors (Lipinski definition) is 0. The molecule has 0 aliphatic carbocycles. The van der Waals surface area contributed by atoms with Crippen LogP contribution < -0.4 is 4.90 Å². The summed E-state index contributed by atoms with van der Waals surface area (Å²) in [6.45, 7) is 6.46. The number of fused-ring (bicyclic) bond motifs is 1. The molecule has 0 fully saturated rings. The van der Waals surface area contributed by atoms with Crippen LogP contribution in [0.15, 0.2) is 54.7 Å². The average molecular weight is 436 g/mol. The SMILES string of the molecule is Cc1ccc(CC(=O)N(Cc2ccccn2)c2nc3c(C)ccc(Cl)c3s2)c(C)c1. The summed E-state index contributed by atoms with van der Waals surface area (Å²) in [5.74, 6) is -0.0135. The number of amides is 1. The van der Waals surface area contributed by atoms with Gasteiger partial charge in [-0.3, -0.25) is 14.7 Å². The van der Waals surface area contributed by atoms with Crippen LogP contribution in [0.5, 0.6) is 0 Å². The molecule has 0 bridgehead atoms. The molecular formula is C24H22ClN3OS. The van der Waals surface area contributed by atoms with Gasteiger partial charge in [0, 0.05) is 6.20 Å². The number of nitrogens with zero attached hydrogens (tertiary/aromatic N) is 3. The van der Waals surface area contributed by atoms with Gasteiger partial charge in [-0.05, 0) is 55.7 Å². The third-order valence-corrected chi connectivity index (χ3v) is 6.64. The van der Waals surface area contributed by atoms with Crippen molar-refractivity contribution in [1.82, 2.24) is 9.97 Å². The van der Waals surface area contributed by atoms with E-state index in [1.807, 2.05) is 56.3 Å². The number of halogens is 1. The van der Waals surface area contributed by atoms with E-state index in [1.165, 1.54) is 16.9 Å². The molecule has 0 atom stereocenters. The molecule has 0 radical (unpaired) electrons. The molecule has 1 amide bonds. The summed E-state index contributed by atoms with van der Waals surface area (Å²) >= 11 is 7.85. The molecule has 0 saturated heterocycles. The Morgan fingerprint density at radius 1 is 1.07 bits per heavy atom. The highest BCUT2D eigenvalue weighted by atomic mass is 35.5. The van der Waals surface area contributed by atoms with Crippen LogP contribution in [0.3, 0.4) is 0 Å². The minimum absolute atomic E-state index is 0.0135. The van der Waals surface area contributed by atoms with Gasteiger partial charge in [0.15, 0.2) is 5.13 Å². The van der Waals surface area contributed by atoms with E-state index in [0.717, 1.165) is 32.6 Å². The Hall–Kier alpha value is -2.76.